The van der Waals surface area contributed by atoms with E-state index in [2.05, 4.69) is 30.7 Å². The third-order valence-corrected chi connectivity index (χ3v) is 6.00. The number of hydrogen-bond donors (Lipinski definition) is 2. The average Bonchev–Trinajstić information content (AvgIpc) is 3.38. The normalized spacial score (nSPS) is 19.4. The summed E-state index contributed by atoms with van der Waals surface area (Å²) in [6.45, 7) is 0. The van der Waals surface area contributed by atoms with Gasteiger partial charge in [0.05, 0.1) is 11.8 Å². The summed E-state index contributed by atoms with van der Waals surface area (Å²) in [6.07, 6.45) is -3.65. The maximum atomic E-state index is 13.4. The van der Waals surface area contributed by atoms with Crippen molar-refractivity contribution in [3.05, 3.63) is 42.1 Å². The number of alkyl halides is 6. The lowest BCUT2D eigenvalue weighted by Gasteiger charge is -2.31. The van der Waals surface area contributed by atoms with Crippen LogP contribution in [-0.4, -0.2) is 41.2 Å². The minimum Gasteiger partial charge on any atom is -0.367 e. The monoisotopic (exact) mass is 498 g/mol. The largest absolute Gasteiger partial charge is 0.435 e. The standard InChI is InChI=1S/C21H20F6N8/c1-34-10-29-13-5-6-28-19(18(13)34)31-12-4-2-3-11(7-12)30-16-8-14(20(22,23)24)32-17-9-15(21(25,26)27)33-35(16)17/h5-6,8-12,30H,2-4,7H2,1H3,(H,28,31)/t11-,12+/m0/s1. The average molecular weight is 498 g/mol. The Morgan fingerprint density at radius 1 is 0.943 bits per heavy atom. The van der Waals surface area contributed by atoms with Gasteiger partial charge in [-0.1, -0.05) is 0 Å². The van der Waals surface area contributed by atoms with Gasteiger partial charge in [0.15, 0.2) is 22.9 Å². The molecule has 1 fully saturated rings. The van der Waals surface area contributed by atoms with Gasteiger partial charge in [-0.3, -0.25) is 0 Å². The summed E-state index contributed by atoms with van der Waals surface area (Å²) < 4.78 is 82.2. The van der Waals surface area contributed by atoms with Crippen molar-refractivity contribution in [1.29, 1.82) is 0 Å². The first-order chi connectivity index (χ1) is 16.5. The van der Waals surface area contributed by atoms with Gasteiger partial charge >= 0.3 is 12.4 Å². The molecule has 2 N–H and O–H groups in total. The Balaban J connectivity index is 1.42. The summed E-state index contributed by atoms with van der Waals surface area (Å²) in [7, 11) is 1.85. The number of nitrogens with one attached hydrogen (secondary N) is 2. The molecule has 0 spiro atoms. The Bertz CT molecular complexity index is 1370. The van der Waals surface area contributed by atoms with Crippen LogP contribution in [0.25, 0.3) is 16.7 Å². The van der Waals surface area contributed by atoms with Crippen LogP contribution >= 0.6 is 0 Å². The van der Waals surface area contributed by atoms with E-state index < -0.39 is 29.4 Å². The van der Waals surface area contributed by atoms with Crippen molar-refractivity contribution in [2.24, 2.45) is 7.05 Å². The molecule has 0 saturated heterocycles. The fourth-order valence-corrected chi connectivity index (χ4v) is 4.42. The van der Waals surface area contributed by atoms with E-state index in [9.17, 15) is 26.3 Å². The molecule has 0 aromatic carbocycles. The Morgan fingerprint density at radius 2 is 1.66 bits per heavy atom. The van der Waals surface area contributed by atoms with E-state index in [1.807, 2.05) is 11.6 Å². The van der Waals surface area contributed by atoms with Crippen molar-refractivity contribution < 1.29 is 26.3 Å². The van der Waals surface area contributed by atoms with Crippen LogP contribution in [0.5, 0.6) is 0 Å². The van der Waals surface area contributed by atoms with E-state index in [4.69, 9.17) is 0 Å². The number of nitrogens with zero attached hydrogens (tertiary/aromatic N) is 6. The number of fused-ring (bicyclic) bond motifs is 2. The third-order valence-electron chi connectivity index (χ3n) is 6.00. The van der Waals surface area contributed by atoms with Crippen LogP contribution in [0.4, 0.5) is 38.0 Å². The number of anilines is 2. The molecule has 8 nitrogen and oxygen atoms in total. The number of rotatable bonds is 4. The number of pyridine rings is 1. The summed E-state index contributed by atoms with van der Waals surface area (Å²) >= 11 is 0. The molecule has 5 rings (SSSR count). The minimum absolute atomic E-state index is 0.0583. The molecule has 0 amide bonds. The van der Waals surface area contributed by atoms with Crippen LogP contribution in [0.2, 0.25) is 0 Å². The van der Waals surface area contributed by atoms with Crippen LogP contribution < -0.4 is 10.6 Å². The summed E-state index contributed by atoms with van der Waals surface area (Å²) in [4.78, 5) is 12.0. The molecule has 1 aliphatic carbocycles. The number of hydrogen-bond acceptors (Lipinski definition) is 6. The van der Waals surface area contributed by atoms with Gasteiger partial charge in [0.2, 0.25) is 0 Å². The Kier molecular flexibility index (Phi) is 5.48. The second-order valence-electron chi connectivity index (χ2n) is 8.55. The van der Waals surface area contributed by atoms with Gasteiger partial charge in [0.1, 0.15) is 11.3 Å². The summed E-state index contributed by atoms with van der Waals surface area (Å²) in [5, 5.41) is 9.82. The molecule has 4 aromatic rings. The zero-order chi connectivity index (χ0) is 25.0. The van der Waals surface area contributed by atoms with Crippen LogP contribution in [0, 0.1) is 0 Å². The molecule has 14 heteroatoms. The molecule has 2 atom stereocenters. The van der Waals surface area contributed by atoms with E-state index >= 15 is 0 Å². The lowest BCUT2D eigenvalue weighted by molar-refractivity contribution is -0.142. The molecule has 1 saturated carbocycles. The second kappa shape index (κ2) is 8.27. The SMILES string of the molecule is Cn1cnc2ccnc(N[C@@H]3CCC[C@H](Nc4cc(C(F)(F)F)nc5cc(C(F)(F)F)nn45)C3)c21. The first-order valence-electron chi connectivity index (χ1n) is 10.8. The van der Waals surface area contributed by atoms with E-state index in [0.717, 1.165) is 28.4 Å². The van der Waals surface area contributed by atoms with E-state index in [0.29, 0.717) is 30.8 Å². The van der Waals surface area contributed by atoms with Crippen molar-refractivity contribution >= 4 is 28.3 Å². The fourth-order valence-electron chi connectivity index (χ4n) is 4.42. The van der Waals surface area contributed by atoms with Crippen LogP contribution in [0.15, 0.2) is 30.7 Å². The molecule has 186 valence electrons. The van der Waals surface area contributed by atoms with Crippen molar-refractivity contribution in [3.63, 3.8) is 0 Å². The molecule has 0 unspecified atom stereocenters. The molecular weight excluding hydrogens is 478 g/mol. The molecule has 1 aliphatic rings. The van der Waals surface area contributed by atoms with Crippen LogP contribution in [0.1, 0.15) is 37.1 Å². The molecule has 4 heterocycles. The number of imidazole rings is 1. The first kappa shape index (κ1) is 23.2. The van der Waals surface area contributed by atoms with Gasteiger partial charge in [0.25, 0.3) is 0 Å². The zero-order valence-corrected chi connectivity index (χ0v) is 18.3. The van der Waals surface area contributed by atoms with Gasteiger partial charge in [0, 0.05) is 37.5 Å². The van der Waals surface area contributed by atoms with Gasteiger partial charge in [-0.05, 0) is 31.7 Å². The van der Waals surface area contributed by atoms with E-state index in [-0.39, 0.29) is 17.9 Å². The second-order valence-corrected chi connectivity index (χ2v) is 8.55. The topological polar surface area (TPSA) is 85.0 Å². The first-order valence-corrected chi connectivity index (χ1v) is 10.8. The lowest BCUT2D eigenvalue weighted by Crippen LogP contribution is -2.35. The predicted octanol–water partition coefficient (Wildman–Crippen LogP) is 4.88. The number of aryl methyl sites for hydroxylation is 1. The van der Waals surface area contributed by atoms with Crippen LogP contribution in [-0.2, 0) is 19.4 Å². The highest BCUT2D eigenvalue weighted by atomic mass is 19.4. The van der Waals surface area contributed by atoms with Gasteiger partial charge in [-0.15, -0.1) is 0 Å². The number of halogens is 6. The molecule has 0 aliphatic heterocycles. The third kappa shape index (κ3) is 4.56. The summed E-state index contributed by atoms with van der Waals surface area (Å²) in [6, 6.07) is 2.62. The van der Waals surface area contributed by atoms with Gasteiger partial charge < -0.3 is 15.2 Å². The van der Waals surface area contributed by atoms with E-state index in [1.165, 1.54) is 0 Å². The molecule has 4 aromatic heterocycles. The van der Waals surface area contributed by atoms with Crippen molar-refractivity contribution in [2.45, 2.75) is 50.1 Å². The van der Waals surface area contributed by atoms with Gasteiger partial charge in [-0.25, -0.2) is 15.0 Å². The quantitative estimate of drug-likeness (QED) is 0.390. The Morgan fingerprint density at radius 3 is 2.37 bits per heavy atom. The molecular formula is C21H20F6N8. The van der Waals surface area contributed by atoms with Crippen molar-refractivity contribution in [2.75, 3.05) is 10.6 Å². The Labute approximate surface area is 194 Å². The summed E-state index contributed by atoms with van der Waals surface area (Å²) in [5.74, 6) is 0.441. The lowest BCUT2D eigenvalue weighted by atomic mass is 9.91. The highest BCUT2D eigenvalue weighted by molar-refractivity contribution is 5.86. The van der Waals surface area contributed by atoms with Crippen molar-refractivity contribution in [1.82, 2.24) is 29.1 Å². The molecule has 35 heavy (non-hydrogen) atoms. The maximum absolute atomic E-state index is 13.4. The van der Waals surface area contributed by atoms with Crippen LogP contribution in [0.3, 0.4) is 0 Å². The van der Waals surface area contributed by atoms with Crippen molar-refractivity contribution in [3.8, 4) is 0 Å². The summed E-state index contributed by atoms with van der Waals surface area (Å²) in [5.41, 5.74) is -1.55. The highest BCUT2D eigenvalue weighted by Crippen LogP contribution is 2.34. The highest BCUT2D eigenvalue weighted by Gasteiger charge is 2.37. The van der Waals surface area contributed by atoms with Gasteiger partial charge in [-0.2, -0.15) is 36.0 Å². The smallest absolute Gasteiger partial charge is 0.367 e. The number of aromatic nitrogens is 6. The fraction of sp³-hybridized carbons (Fsp3) is 0.429. The maximum Gasteiger partial charge on any atom is 0.435 e. The zero-order valence-electron chi connectivity index (χ0n) is 18.3. The molecule has 0 radical (unpaired) electrons. The minimum atomic E-state index is -4.83. The Hall–Kier alpha value is -3.58. The predicted molar refractivity (Wildman–Crippen MR) is 115 cm³/mol. The van der Waals surface area contributed by atoms with E-state index in [1.54, 1.807) is 18.6 Å². The molecule has 0 bridgehead atoms.